The van der Waals surface area contributed by atoms with Gasteiger partial charge in [-0.1, -0.05) is 0 Å². The Hall–Kier alpha value is -0.950. The number of urea groups is 1. The van der Waals surface area contributed by atoms with Crippen molar-refractivity contribution >= 4 is 23.8 Å². The summed E-state index contributed by atoms with van der Waals surface area (Å²) in [6.45, 7) is 2.55. The molecule has 1 saturated carbocycles. The molecule has 114 valence electrons. The van der Waals surface area contributed by atoms with Crippen LogP contribution in [0.1, 0.15) is 19.3 Å². The van der Waals surface area contributed by atoms with Crippen LogP contribution in [0.25, 0.3) is 0 Å². The average Bonchev–Trinajstić information content (AvgIpc) is 2.86. The number of hydrogen-bond acceptors (Lipinski definition) is 4. The van der Waals surface area contributed by atoms with E-state index in [1.165, 1.54) is 6.42 Å². The molecule has 0 radical (unpaired) electrons. The van der Waals surface area contributed by atoms with E-state index in [4.69, 9.17) is 5.11 Å². The first-order chi connectivity index (χ1) is 9.58. The fourth-order valence-electron chi connectivity index (χ4n) is 2.85. The molecule has 1 aliphatic carbocycles. The van der Waals surface area contributed by atoms with Crippen molar-refractivity contribution in [2.24, 2.45) is 0 Å². The maximum atomic E-state index is 12.2. The number of nitrogens with zero attached hydrogens (tertiary/aromatic N) is 2. The highest BCUT2D eigenvalue weighted by molar-refractivity contribution is 7.99. The third-order valence-corrected chi connectivity index (χ3v) is 5.16. The van der Waals surface area contributed by atoms with Gasteiger partial charge in [-0.2, -0.15) is 11.8 Å². The molecule has 0 spiro atoms. The van der Waals surface area contributed by atoms with Crippen molar-refractivity contribution in [3.05, 3.63) is 0 Å². The molecule has 2 unspecified atom stereocenters. The standard InChI is InChI=1S/C13H23N3O3S/c1-20-11-3-2-10(8-11)14-13(19)16-6-4-15(5-7-16)9-12(17)18/h10-11H,2-9H2,1H3,(H,14,19)(H,17,18). The molecule has 2 N–H and O–H groups in total. The van der Waals surface area contributed by atoms with Crippen LogP contribution in [0.4, 0.5) is 4.79 Å². The minimum atomic E-state index is -0.808. The smallest absolute Gasteiger partial charge is 0.317 e. The SMILES string of the molecule is CSC1CCC(NC(=O)N2CCN(CC(=O)O)CC2)C1. The lowest BCUT2D eigenvalue weighted by atomic mass is 10.2. The van der Waals surface area contributed by atoms with Gasteiger partial charge >= 0.3 is 12.0 Å². The van der Waals surface area contributed by atoms with Crippen molar-refractivity contribution in [1.82, 2.24) is 15.1 Å². The first-order valence-corrected chi connectivity index (χ1v) is 8.39. The first-order valence-electron chi connectivity index (χ1n) is 7.11. The van der Waals surface area contributed by atoms with Gasteiger partial charge in [-0.25, -0.2) is 4.79 Å². The van der Waals surface area contributed by atoms with E-state index in [9.17, 15) is 9.59 Å². The Kier molecular flexibility index (Phi) is 5.54. The van der Waals surface area contributed by atoms with Gasteiger partial charge in [-0.15, -0.1) is 0 Å². The summed E-state index contributed by atoms with van der Waals surface area (Å²) in [4.78, 5) is 26.4. The molecule has 0 bridgehead atoms. The molecule has 0 aromatic carbocycles. The molecule has 2 atom stereocenters. The van der Waals surface area contributed by atoms with Crippen LogP contribution in [0.15, 0.2) is 0 Å². The summed E-state index contributed by atoms with van der Waals surface area (Å²) in [5.41, 5.74) is 0. The third kappa shape index (κ3) is 4.28. The number of carbonyl (C=O) groups is 2. The second-order valence-corrected chi connectivity index (χ2v) is 6.61. The summed E-state index contributed by atoms with van der Waals surface area (Å²) in [5, 5.41) is 12.5. The van der Waals surface area contributed by atoms with Gasteiger partial charge in [0.1, 0.15) is 0 Å². The lowest BCUT2D eigenvalue weighted by Gasteiger charge is -2.34. The summed E-state index contributed by atoms with van der Waals surface area (Å²) in [6, 6.07) is 0.309. The van der Waals surface area contributed by atoms with Crippen molar-refractivity contribution in [2.75, 3.05) is 39.0 Å². The van der Waals surface area contributed by atoms with Crippen LogP contribution in [0.2, 0.25) is 0 Å². The zero-order valence-corrected chi connectivity index (χ0v) is 12.7. The molecular formula is C13H23N3O3S. The molecule has 1 heterocycles. The minimum absolute atomic E-state index is 0.00623. The monoisotopic (exact) mass is 301 g/mol. The lowest BCUT2D eigenvalue weighted by molar-refractivity contribution is -0.138. The molecule has 6 nitrogen and oxygen atoms in total. The molecule has 1 aliphatic heterocycles. The van der Waals surface area contributed by atoms with Gasteiger partial charge in [0.2, 0.25) is 0 Å². The Labute approximate surface area is 123 Å². The van der Waals surface area contributed by atoms with Crippen molar-refractivity contribution in [1.29, 1.82) is 0 Å². The van der Waals surface area contributed by atoms with Crippen LogP contribution in [0, 0.1) is 0 Å². The van der Waals surface area contributed by atoms with Gasteiger partial charge in [0.15, 0.2) is 0 Å². The number of piperazine rings is 1. The predicted molar refractivity (Wildman–Crippen MR) is 79.1 cm³/mol. The molecule has 2 aliphatic rings. The quantitative estimate of drug-likeness (QED) is 0.799. The van der Waals surface area contributed by atoms with E-state index in [-0.39, 0.29) is 12.6 Å². The van der Waals surface area contributed by atoms with E-state index >= 15 is 0 Å². The van der Waals surface area contributed by atoms with Gasteiger partial charge in [-0.3, -0.25) is 9.69 Å². The Bertz CT molecular complexity index is 359. The van der Waals surface area contributed by atoms with Crippen molar-refractivity contribution in [3.8, 4) is 0 Å². The van der Waals surface area contributed by atoms with Crippen molar-refractivity contribution in [3.63, 3.8) is 0 Å². The zero-order chi connectivity index (χ0) is 14.5. The normalized spacial score (nSPS) is 27.6. The van der Waals surface area contributed by atoms with Crippen LogP contribution >= 0.6 is 11.8 Å². The Balaban J connectivity index is 1.71. The number of carboxylic acids is 1. The fraction of sp³-hybridized carbons (Fsp3) is 0.846. The maximum Gasteiger partial charge on any atom is 0.317 e. The van der Waals surface area contributed by atoms with E-state index in [1.54, 1.807) is 4.90 Å². The number of carbonyl (C=O) groups excluding carboxylic acids is 1. The number of thioether (sulfide) groups is 1. The van der Waals surface area contributed by atoms with E-state index in [0.29, 0.717) is 37.5 Å². The molecule has 7 heteroatoms. The fourth-order valence-corrected chi connectivity index (χ4v) is 3.65. The highest BCUT2D eigenvalue weighted by Crippen LogP contribution is 2.28. The molecule has 0 aromatic rings. The molecule has 2 rings (SSSR count). The summed E-state index contributed by atoms with van der Waals surface area (Å²) in [5.74, 6) is -0.808. The van der Waals surface area contributed by atoms with Gasteiger partial charge in [-0.05, 0) is 25.5 Å². The molecule has 1 saturated heterocycles. The highest BCUT2D eigenvalue weighted by Gasteiger charge is 2.28. The summed E-state index contributed by atoms with van der Waals surface area (Å²) >= 11 is 1.88. The number of carboxylic acid groups (broad SMARTS) is 1. The minimum Gasteiger partial charge on any atom is -0.480 e. The largest absolute Gasteiger partial charge is 0.480 e. The molecule has 2 amide bonds. The van der Waals surface area contributed by atoms with E-state index in [2.05, 4.69) is 11.6 Å². The van der Waals surface area contributed by atoms with Gasteiger partial charge in [0.25, 0.3) is 0 Å². The maximum absolute atomic E-state index is 12.2. The summed E-state index contributed by atoms with van der Waals surface area (Å²) in [7, 11) is 0. The average molecular weight is 301 g/mol. The molecular weight excluding hydrogens is 278 g/mol. The zero-order valence-electron chi connectivity index (χ0n) is 11.9. The lowest BCUT2D eigenvalue weighted by Crippen LogP contribution is -2.53. The topological polar surface area (TPSA) is 72.9 Å². The van der Waals surface area contributed by atoms with E-state index in [1.807, 2.05) is 16.7 Å². The van der Waals surface area contributed by atoms with Crippen LogP contribution in [0.5, 0.6) is 0 Å². The van der Waals surface area contributed by atoms with Crippen molar-refractivity contribution < 1.29 is 14.7 Å². The number of rotatable bonds is 4. The summed E-state index contributed by atoms with van der Waals surface area (Å²) in [6.07, 6.45) is 5.43. The van der Waals surface area contributed by atoms with Crippen LogP contribution in [-0.2, 0) is 4.79 Å². The Morgan fingerprint density at radius 1 is 1.25 bits per heavy atom. The van der Waals surface area contributed by atoms with Gasteiger partial charge in [0, 0.05) is 37.5 Å². The second-order valence-electron chi connectivity index (χ2n) is 5.47. The molecule has 20 heavy (non-hydrogen) atoms. The number of aliphatic carboxylic acids is 1. The predicted octanol–water partition coefficient (Wildman–Crippen LogP) is 0.682. The number of amides is 2. The van der Waals surface area contributed by atoms with E-state index in [0.717, 1.165) is 12.8 Å². The number of nitrogens with one attached hydrogen (secondary N) is 1. The van der Waals surface area contributed by atoms with Gasteiger partial charge < -0.3 is 15.3 Å². The van der Waals surface area contributed by atoms with Crippen molar-refractivity contribution in [2.45, 2.75) is 30.6 Å². The summed E-state index contributed by atoms with van der Waals surface area (Å²) < 4.78 is 0. The third-order valence-electron chi connectivity index (χ3n) is 4.06. The van der Waals surface area contributed by atoms with Crippen LogP contribution in [0.3, 0.4) is 0 Å². The number of hydrogen-bond donors (Lipinski definition) is 2. The molecule has 0 aromatic heterocycles. The molecule has 2 fully saturated rings. The second kappa shape index (κ2) is 7.17. The van der Waals surface area contributed by atoms with Crippen LogP contribution in [-0.4, -0.2) is 77.2 Å². The Morgan fingerprint density at radius 2 is 1.95 bits per heavy atom. The first kappa shape index (κ1) is 15.4. The Morgan fingerprint density at radius 3 is 2.50 bits per heavy atom. The van der Waals surface area contributed by atoms with Gasteiger partial charge in [0.05, 0.1) is 6.54 Å². The van der Waals surface area contributed by atoms with Crippen LogP contribution < -0.4 is 5.32 Å². The highest BCUT2D eigenvalue weighted by atomic mass is 32.2. The van der Waals surface area contributed by atoms with E-state index < -0.39 is 5.97 Å².